The van der Waals surface area contributed by atoms with E-state index in [0.29, 0.717) is 6.04 Å². The minimum Gasteiger partial charge on any atom is -0.348 e. The topological polar surface area (TPSA) is 40.7 Å². The van der Waals surface area contributed by atoms with E-state index in [2.05, 4.69) is 52.5 Å². The molecule has 2 aromatic rings. The van der Waals surface area contributed by atoms with E-state index in [0.717, 1.165) is 13.0 Å². The first-order valence-electron chi connectivity index (χ1n) is 7.15. The molecule has 1 atom stereocenters. The van der Waals surface area contributed by atoms with Gasteiger partial charge in [-0.25, -0.2) is 4.98 Å². The Bertz CT molecular complexity index is 436. The SMILES string of the molecule is CCCCC(NCCc1cnc[nH]1)c1ccccc1. The van der Waals surface area contributed by atoms with Crippen LogP contribution in [0.1, 0.15) is 43.5 Å². The van der Waals surface area contributed by atoms with Crippen molar-refractivity contribution >= 4 is 0 Å². The zero-order chi connectivity index (χ0) is 13.3. The molecule has 0 radical (unpaired) electrons. The summed E-state index contributed by atoms with van der Waals surface area (Å²) in [5.74, 6) is 0. The Morgan fingerprint density at radius 3 is 2.79 bits per heavy atom. The Morgan fingerprint density at radius 2 is 2.11 bits per heavy atom. The van der Waals surface area contributed by atoms with Gasteiger partial charge < -0.3 is 10.3 Å². The van der Waals surface area contributed by atoms with Crippen LogP contribution in [0.5, 0.6) is 0 Å². The molecule has 1 aromatic heterocycles. The lowest BCUT2D eigenvalue weighted by atomic mass is 10.0. The van der Waals surface area contributed by atoms with Gasteiger partial charge in [0.15, 0.2) is 0 Å². The standard InChI is InChI=1S/C16H23N3/c1-2-3-9-16(14-7-5-4-6-8-14)18-11-10-15-12-17-13-19-15/h4-8,12-13,16,18H,2-3,9-11H2,1H3,(H,17,19). The molecule has 1 aromatic carbocycles. The van der Waals surface area contributed by atoms with Gasteiger partial charge in [-0.3, -0.25) is 0 Å². The molecule has 0 saturated heterocycles. The number of hydrogen-bond acceptors (Lipinski definition) is 2. The van der Waals surface area contributed by atoms with Gasteiger partial charge in [-0.2, -0.15) is 0 Å². The van der Waals surface area contributed by atoms with Crippen molar-refractivity contribution in [3.8, 4) is 0 Å². The quantitative estimate of drug-likeness (QED) is 0.760. The van der Waals surface area contributed by atoms with Gasteiger partial charge in [0.05, 0.1) is 6.33 Å². The van der Waals surface area contributed by atoms with Crippen LogP contribution in [0.25, 0.3) is 0 Å². The Balaban J connectivity index is 1.87. The van der Waals surface area contributed by atoms with Gasteiger partial charge in [-0.15, -0.1) is 0 Å². The zero-order valence-electron chi connectivity index (χ0n) is 11.6. The van der Waals surface area contributed by atoms with Crippen molar-refractivity contribution in [2.45, 2.75) is 38.6 Å². The normalized spacial score (nSPS) is 12.5. The number of aromatic nitrogens is 2. The highest BCUT2D eigenvalue weighted by Gasteiger charge is 2.09. The van der Waals surface area contributed by atoms with E-state index in [1.807, 2.05) is 6.20 Å². The molecular formula is C16H23N3. The highest BCUT2D eigenvalue weighted by molar-refractivity contribution is 5.18. The molecule has 0 bridgehead atoms. The van der Waals surface area contributed by atoms with Crippen LogP contribution in [0.15, 0.2) is 42.9 Å². The van der Waals surface area contributed by atoms with Crippen LogP contribution in [0.3, 0.4) is 0 Å². The number of nitrogens with one attached hydrogen (secondary N) is 2. The van der Waals surface area contributed by atoms with E-state index >= 15 is 0 Å². The lowest BCUT2D eigenvalue weighted by Crippen LogP contribution is -2.23. The fourth-order valence-electron chi connectivity index (χ4n) is 2.28. The number of aromatic amines is 1. The third-order valence-electron chi connectivity index (χ3n) is 3.39. The number of unbranched alkanes of at least 4 members (excludes halogenated alkanes) is 1. The number of nitrogens with zero attached hydrogens (tertiary/aromatic N) is 1. The van der Waals surface area contributed by atoms with Crippen molar-refractivity contribution in [1.82, 2.24) is 15.3 Å². The summed E-state index contributed by atoms with van der Waals surface area (Å²) in [6.45, 7) is 3.22. The molecule has 0 saturated carbocycles. The van der Waals surface area contributed by atoms with Gasteiger partial charge in [0.1, 0.15) is 0 Å². The maximum absolute atomic E-state index is 4.04. The van der Waals surface area contributed by atoms with Crippen LogP contribution in [0, 0.1) is 0 Å². The molecule has 102 valence electrons. The minimum absolute atomic E-state index is 0.462. The molecule has 2 N–H and O–H groups in total. The van der Waals surface area contributed by atoms with Gasteiger partial charge >= 0.3 is 0 Å². The molecule has 1 unspecified atom stereocenters. The summed E-state index contributed by atoms with van der Waals surface area (Å²) in [6.07, 6.45) is 8.33. The van der Waals surface area contributed by atoms with Gasteiger partial charge in [-0.1, -0.05) is 50.1 Å². The van der Waals surface area contributed by atoms with Crippen molar-refractivity contribution in [1.29, 1.82) is 0 Å². The van der Waals surface area contributed by atoms with Crippen molar-refractivity contribution in [2.75, 3.05) is 6.54 Å². The second-order valence-corrected chi connectivity index (χ2v) is 4.89. The van der Waals surface area contributed by atoms with Crippen molar-refractivity contribution in [3.05, 3.63) is 54.1 Å². The Morgan fingerprint density at radius 1 is 1.26 bits per heavy atom. The first-order chi connectivity index (χ1) is 9.40. The van der Waals surface area contributed by atoms with E-state index in [-0.39, 0.29) is 0 Å². The van der Waals surface area contributed by atoms with Crippen LogP contribution < -0.4 is 5.32 Å². The summed E-state index contributed by atoms with van der Waals surface area (Å²) >= 11 is 0. The van der Waals surface area contributed by atoms with Crippen LogP contribution in [-0.4, -0.2) is 16.5 Å². The number of rotatable bonds is 8. The summed E-state index contributed by atoms with van der Waals surface area (Å²) in [5.41, 5.74) is 2.58. The smallest absolute Gasteiger partial charge is 0.0921 e. The summed E-state index contributed by atoms with van der Waals surface area (Å²) in [5, 5.41) is 3.66. The third kappa shape index (κ3) is 4.52. The van der Waals surface area contributed by atoms with Crippen LogP contribution in [0.2, 0.25) is 0 Å². The zero-order valence-corrected chi connectivity index (χ0v) is 11.6. The van der Waals surface area contributed by atoms with Gasteiger partial charge in [0.25, 0.3) is 0 Å². The average molecular weight is 257 g/mol. The summed E-state index contributed by atoms with van der Waals surface area (Å²) in [4.78, 5) is 7.19. The molecule has 0 aliphatic rings. The molecular weight excluding hydrogens is 234 g/mol. The second-order valence-electron chi connectivity index (χ2n) is 4.89. The van der Waals surface area contributed by atoms with Gasteiger partial charge in [0, 0.05) is 30.9 Å². The van der Waals surface area contributed by atoms with Crippen molar-refractivity contribution < 1.29 is 0 Å². The highest BCUT2D eigenvalue weighted by Crippen LogP contribution is 2.18. The third-order valence-corrected chi connectivity index (χ3v) is 3.39. The molecule has 0 fully saturated rings. The Kier molecular flexibility index (Phi) is 5.63. The lowest BCUT2D eigenvalue weighted by molar-refractivity contribution is 0.483. The van der Waals surface area contributed by atoms with Crippen LogP contribution >= 0.6 is 0 Å². The maximum atomic E-state index is 4.04. The first kappa shape index (κ1) is 13.8. The van der Waals surface area contributed by atoms with E-state index in [1.165, 1.54) is 30.5 Å². The van der Waals surface area contributed by atoms with E-state index in [4.69, 9.17) is 0 Å². The average Bonchev–Trinajstić information content (AvgIpc) is 2.97. The van der Waals surface area contributed by atoms with Gasteiger partial charge in [-0.05, 0) is 12.0 Å². The molecule has 0 aliphatic carbocycles. The van der Waals surface area contributed by atoms with Crippen LogP contribution in [-0.2, 0) is 6.42 Å². The maximum Gasteiger partial charge on any atom is 0.0921 e. The van der Waals surface area contributed by atoms with Crippen LogP contribution in [0.4, 0.5) is 0 Å². The number of hydrogen-bond donors (Lipinski definition) is 2. The molecule has 0 spiro atoms. The molecule has 2 rings (SSSR count). The van der Waals surface area contributed by atoms with E-state index in [1.54, 1.807) is 6.33 Å². The Hall–Kier alpha value is -1.61. The molecule has 3 nitrogen and oxygen atoms in total. The Labute approximate surface area is 115 Å². The fourth-order valence-corrected chi connectivity index (χ4v) is 2.28. The van der Waals surface area contributed by atoms with Crippen molar-refractivity contribution in [2.24, 2.45) is 0 Å². The first-order valence-corrected chi connectivity index (χ1v) is 7.15. The van der Waals surface area contributed by atoms with E-state index < -0.39 is 0 Å². The van der Waals surface area contributed by atoms with Crippen molar-refractivity contribution in [3.63, 3.8) is 0 Å². The summed E-state index contributed by atoms with van der Waals surface area (Å²) < 4.78 is 0. The largest absolute Gasteiger partial charge is 0.348 e. The fraction of sp³-hybridized carbons (Fsp3) is 0.438. The number of H-pyrrole nitrogens is 1. The summed E-state index contributed by atoms with van der Waals surface area (Å²) in [7, 11) is 0. The number of imidazole rings is 1. The number of benzene rings is 1. The molecule has 0 amide bonds. The summed E-state index contributed by atoms with van der Waals surface area (Å²) in [6, 6.07) is 11.2. The van der Waals surface area contributed by atoms with E-state index in [9.17, 15) is 0 Å². The second kappa shape index (κ2) is 7.74. The monoisotopic (exact) mass is 257 g/mol. The highest BCUT2D eigenvalue weighted by atomic mass is 14.9. The molecule has 3 heteroatoms. The van der Waals surface area contributed by atoms with Gasteiger partial charge in [0.2, 0.25) is 0 Å². The lowest BCUT2D eigenvalue weighted by Gasteiger charge is -2.19. The molecule has 0 aliphatic heterocycles. The predicted octanol–water partition coefficient (Wildman–Crippen LogP) is 3.47. The predicted molar refractivity (Wildman–Crippen MR) is 79.0 cm³/mol. The molecule has 1 heterocycles. The minimum atomic E-state index is 0.462. The molecule has 19 heavy (non-hydrogen) atoms.